The Morgan fingerprint density at radius 2 is 1.85 bits per heavy atom. The van der Waals surface area contributed by atoms with Gasteiger partial charge in [0.05, 0.1) is 5.69 Å². The van der Waals surface area contributed by atoms with Crippen molar-refractivity contribution in [3.63, 3.8) is 0 Å². The van der Waals surface area contributed by atoms with Gasteiger partial charge in [0, 0.05) is 29.6 Å². The van der Waals surface area contributed by atoms with Crippen molar-refractivity contribution in [2.45, 2.75) is 39.7 Å². The lowest BCUT2D eigenvalue weighted by Gasteiger charge is -2.10. The molecule has 1 aliphatic rings. The molecule has 1 heterocycles. The molecule has 0 atom stereocenters. The zero-order valence-electron chi connectivity index (χ0n) is 14.9. The van der Waals surface area contributed by atoms with Crippen LogP contribution in [0.5, 0.6) is 0 Å². The van der Waals surface area contributed by atoms with Crippen LogP contribution in [0, 0.1) is 25.5 Å². The molecule has 26 heavy (non-hydrogen) atoms. The Bertz CT molecular complexity index is 976. The van der Waals surface area contributed by atoms with Gasteiger partial charge in [0.15, 0.2) is 5.82 Å². The summed E-state index contributed by atoms with van der Waals surface area (Å²) >= 11 is 0. The van der Waals surface area contributed by atoms with Crippen LogP contribution in [0.15, 0.2) is 36.4 Å². The van der Waals surface area contributed by atoms with Crippen LogP contribution in [-0.2, 0) is 19.4 Å². The summed E-state index contributed by atoms with van der Waals surface area (Å²) in [5.41, 5.74) is 6.92. The molecular formula is C21H21F2N3. The van der Waals surface area contributed by atoms with Gasteiger partial charge < -0.3 is 5.32 Å². The van der Waals surface area contributed by atoms with Crippen LogP contribution in [0.25, 0.3) is 5.69 Å². The van der Waals surface area contributed by atoms with Gasteiger partial charge in [-0.15, -0.1) is 0 Å². The van der Waals surface area contributed by atoms with E-state index in [9.17, 15) is 8.78 Å². The number of rotatable bonds is 4. The van der Waals surface area contributed by atoms with Crippen molar-refractivity contribution in [2.24, 2.45) is 0 Å². The number of nitrogens with zero attached hydrogens (tertiary/aromatic N) is 2. The molecule has 0 spiro atoms. The summed E-state index contributed by atoms with van der Waals surface area (Å²) in [5.74, 6) is -1.21. The summed E-state index contributed by atoms with van der Waals surface area (Å²) in [7, 11) is 0. The lowest BCUT2D eigenvalue weighted by atomic mass is 10.1. The number of hydrogen-bond acceptors (Lipinski definition) is 2. The molecule has 0 saturated carbocycles. The maximum atomic E-state index is 14.1. The lowest BCUT2D eigenvalue weighted by Crippen LogP contribution is -2.05. The zero-order chi connectivity index (χ0) is 18.3. The number of aryl methyl sites for hydroxylation is 3. The van der Waals surface area contributed by atoms with E-state index in [-0.39, 0.29) is 5.69 Å². The lowest BCUT2D eigenvalue weighted by molar-refractivity contribution is 0.572. The van der Waals surface area contributed by atoms with Crippen molar-refractivity contribution in [1.29, 1.82) is 0 Å². The second kappa shape index (κ2) is 6.56. The summed E-state index contributed by atoms with van der Waals surface area (Å²) in [6.07, 6.45) is 3.54. The number of nitrogens with one attached hydrogen (secondary N) is 1. The first-order valence-electron chi connectivity index (χ1n) is 8.89. The van der Waals surface area contributed by atoms with Crippen molar-refractivity contribution in [3.8, 4) is 5.69 Å². The zero-order valence-corrected chi connectivity index (χ0v) is 14.9. The molecule has 0 unspecified atom stereocenters. The standard InChI is InChI=1S/C21H21F2N3/c1-13-19(12-24-18-8-6-15-4-3-5-16(15)10-18)14(2)26(25-13)21-9-7-17(22)11-20(21)23/h6-11,24H,3-5,12H2,1-2H3. The fourth-order valence-corrected chi connectivity index (χ4v) is 3.69. The topological polar surface area (TPSA) is 29.9 Å². The van der Waals surface area contributed by atoms with Gasteiger partial charge in [0.25, 0.3) is 0 Å². The van der Waals surface area contributed by atoms with Gasteiger partial charge in [0.1, 0.15) is 11.5 Å². The number of anilines is 1. The fraction of sp³-hybridized carbons (Fsp3) is 0.286. The van der Waals surface area contributed by atoms with E-state index in [1.54, 1.807) is 4.68 Å². The van der Waals surface area contributed by atoms with Crippen LogP contribution in [0.1, 0.15) is 34.5 Å². The van der Waals surface area contributed by atoms with Crippen molar-refractivity contribution in [2.75, 3.05) is 5.32 Å². The largest absolute Gasteiger partial charge is 0.381 e. The van der Waals surface area contributed by atoms with E-state index in [0.29, 0.717) is 6.54 Å². The van der Waals surface area contributed by atoms with E-state index in [0.717, 1.165) is 35.1 Å². The van der Waals surface area contributed by atoms with Gasteiger partial charge in [-0.2, -0.15) is 5.10 Å². The number of halogens is 2. The second-order valence-electron chi connectivity index (χ2n) is 6.85. The molecule has 3 aromatic rings. The summed E-state index contributed by atoms with van der Waals surface area (Å²) < 4.78 is 28.8. The second-order valence-corrected chi connectivity index (χ2v) is 6.85. The summed E-state index contributed by atoms with van der Waals surface area (Å²) in [4.78, 5) is 0. The minimum absolute atomic E-state index is 0.260. The molecule has 2 aromatic carbocycles. The fourth-order valence-electron chi connectivity index (χ4n) is 3.69. The third kappa shape index (κ3) is 2.98. The SMILES string of the molecule is Cc1nn(-c2ccc(F)cc2F)c(C)c1CNc1ccc2c(c1)CCC2. The first-order chi connectivity index (χ1) is 12.5. The summed E-state index contributed by atoms with van der Waals surface area (Å²) in [6, 6.07) is 10.1. The van der Waals surface area contributed by atoms with Crippen molar-refractivity contribution < 1.29 is 8.78 Å². The third-order valence-electron chi connectivity index (χ3n) is 5.15. The van der Waals surface area contributed by atoms with Crippen molar-refractivity contribution >= 4 is 5.69 Å². The van der Waals surface area contributed by atoms with Crippen LogP contribution in [0.2, 0.25) is 0 Å². The molecule has 1 N–H and O–H groups in total. The van der Waals surface area contributed by atoms with Crippen molar-refractivity contribution in [1.82, 2.24) is 9.78 Å². The van der Waals surface area contributed by atoms with E-state index in [1.165, 1.54) is 36.1 Å². The summed E-state index contributed by atoms with van der Waals surface area (Å²) in [6.45, 7) is 4.42. The minimum atomic E-state index is -0.617. The first-order valence-corrected chi connectivity index (χ1v) is 8.89. The molecule has 0 amide bonds. The monoisotopic (exact) mass is 353 g/mol. The van der Waals surface area contributed by atoms with Gasteiger partial charge >= 0.3 is 0 Å². The molecular weight excluding hydrogens is 332 g/mol. The molecule has 3 nitrogen and oxygen atoms in total. The molecule has 1 aromatic heterocycles. The third-order valence-corrected chi connectivity index (χ3v) is 5.15. The number of aromatic nitrogens is 2. The van der Waals surface area contributed by atoms with E-state index < -0.39 is 11.6 Å². The van der Waals surface area contributed by atoms with Gasteiger partial charge in [0.2, 0.25) is 0 Å². The normalized spacial score (nSPS) is 13.1. The van der Waals surface area contributed by atoms with Crippen LogP contribution < -0.4 is 5.32 Å². The van der Waals surface area contributed by atoms with Crippen molar-refractivity contribution in [3.05, 3.63) is 76.1 Å². The predicted octanol–water partition coefficient (Wildman–Crippen LogP) is 4.87. The van der Waals surface area contributed by atoms with Gasteiger partial charge in [-0.25, -0.2) is 13.5 Å². The predicted molar refractivity (Wildman–Crippen MR) is 98.7 cm³/mol. The Morgan fingerprint density at radius 3 is 2.65 bits per heavy atom. The number of hydrogen-bond donors (Lipinski definition) is 1. The highest BCUT2D eigenvalue weighted by Gasteiger charge is 2.16. The van der Waals surface area contributed by atoms with E-state index in [1.807, 2.05) is 13.8 Å². The van der Waals surface area contributed by atoms with E-state index in [4.69, 9.17) is 0 Å². The molecule has 0 radical (unpaired) electrons. The Labute approximate surface area is 151 Å². The average Bonchev–Trinajstić information content (AvgIpc) is 3.18. The molecule has 0 bridgehead atoms. The van der Waals surface area contributed by atoms with E-state index >= 15 is 0 Å². The summed E-state index contributed by atoms with van der Waals surface area (Å²) in [5, 5.41) is 7.91. The number of fused-ring (bicyclic) bond motifs is 1. The van der Waals surface area contributed by atoms with Crippen LogP contribution in [0.3, 0.4) is 0 Å². The van der Waals surface area contributed by atoms with Gasteiger partial charge in [-0.3, -0.25) is 0 Å². The van der Waals surface area contributed by atoms with Crippen LogP contribution in [-0.4, -0.2) is 9.78 Å². The molecule has 0 saturated heterocycles. The molecule has 0 aliphatic heterocycles. The highest BCUT2D eigenvalue weighted by Crippen LogP contribution is 2.26. The van der Waals surface area contributed by atoms with Crippen LogP contribution >= 0.6 is 0 Å². The Balaban J connectivity index is 1.59. The first kappa shape index (κ1) is 16.8. The molecule has 4 rings (SSSR count). The minimum Gasteiger partial charge on any atom is -0.381 e. The number of benzene rings is 2. The average molecular weight is 353 g/mol. The molecule has 134 valence electrons. The smallest absolute Gasteiger partial charge is 0.151 e. The maximum absolute atomic E-state index is 14.1. The molecule has 1 aliphatic carbocycles. The van der Waals surface area contributed by atoms with E-state index in [2.05, 4.69) is 28.6 Å². The maximum Gasteiger partial charge on any atom is 0.151 e. The highest BCUT2D eigenvalue weighted by molar-refractivity contribution is 5.51. The Morgan fingerprint density at radius 1 is 1.04 bits per heavy atom. The molecule has 0 fully saturated rings. The van der Waals surface area contributed by atoms with Crippen LogP contribution in [0.4, 0.5) is 14.5 Å². The highest BCUT2D eigenvalue weighted by atomic mass is 19.1. The quantitative estimate of drug-likeness (QED) is 0.725. The Kier molecular flexibility index (Phi) is 4.23. The molecule has 5 heteroatoms. The van der Waals surface area contributed by atoms with Gasteiger partial charge in [-0.05, 0) is 68.5 Å². The Hall–Kier alpha value is -2.69. The van der Waals surface area contributed by atoms with Gasteiger partial charge in [-0.1, -0.05) is 6.07 Å².